The van der Waals surface area contributed by atoms with Gasteiger partial charge in [-0.2, -0.15) is 4.31 Å². The van der Waals surface area contributed by atoms with Crippen LogP contribution in [0.5, 0.6) is 0 Å². The largest absolute Gasteiger partial charge is 0.452 e. The quantitative estimate of drug-likeness (QED) is 0.902. The molecule has 110 valence electrons. The van der Waals surface area contributed by atoms with E-state index in [0.29, 0.717) is 6.54 Å². The van der Waals surface area contributed by atoms with E-state index < -0.39 is 10.0 Å². The lowest BCUT2D eigenvalue weighted by molar-refractivity contribution is 0.256. The predicted molar refractivity (Wildman–Crippen MR) is 76.0 cm³/mol. The maximum Gasteiger partial charge on any atom is 0.276 e. The van der Waals surface area contributed by atoms with E-state index in [1.807, 2.05) is 6.92 Å². The minimum atomic E-state index is -3.48. The normalized spacial score (nSPS) is 17.4. The summed E-state index contributed by atoms with van der Waals surface area (Å²) < 4.78 is 31.7. The highest BCUT2D eigenvalue weighted by atomic mass is 35.5. The second-order valence-corrected chi connectivity index (χ2v) is 6.35. The summed E-state index contributed by atoms with van der Waals surface area (Å²) in [4.78, 5) is 0. The molecule has 2 heterocycles. The molecule has 0 saturated carbocycles. The van der Waals surface area contributed by atoms with Gasteiger partial charge in [-0.15, -0.1) is 12.4 Å². The third kappa shape index (κ3) is 3.72. The van der Waals surface area contributed by atoms with Crippen LogP contribution in [0.25, 0.3) is 0 Å². The van der Waals surface area contributed by atoms with Gasteiger partial charge in [0.1, 0.15) is 0 Å². The zero-order chi connectivity index (χ0) is 13.0. The topological polar surface area (TPSA) is 62.6 Å². The first-order valence-electron chi connectivity index (χ1n) is 6.42. The average molecular weight is 309 g/mol. The lowest BCUT2D eigenvalue weighted by atomic mass is 10.1. The molecule has 1 aliphatic heterocycles. The lowest BCUT2D eigenvalue weighted by Gasteiger charge is -2.32. The van der Waals surface area contributed by atoms with E-state index in [-0.39, 0.29) is 23.5 Å². The maximum atomic E-state index is 12.5. The molecule has 0 spiro atoms. The van der Waals surface area contributed by atoms with Crippen LogP contribution < -0.4 is 5.32 Å². The van der Waals surface area contributed by atoms with Gasteiger partial charge in [0.2, 0.25) is 5.09 Å². The van der Waals surface area contributed by atoms with Gasteiger partial charge in [-0.3, -0.25) is 0 Å². The third-order valence-electron chi connectivity index (χ3n) is 3.22. The summed E-state index contributed by atoms with van der Waals surface area (Å²) in [6.45, 7) is 4.29. The van der Waals surface area contributed by atoms with Crippen molar-refractivity contribution >= 4 is 22.4 Å². The van der Waals surface area contributed by atoms with Crippen LogP contribution in [0.4, 0.5) is 0 Å². The summed E-state index contributed by atoms with van der Waals surface area (Å²) in [6, 6.07) is 3.21. The number of sulfonamides is 1. The summed E-state index contributed by atoms with van der Waals surface area (Å²) in [7, 11) is -3.48. The van der Waals surface area contributed by atoms with Crippen molar-refractivity contribution in [3.8, 4) is 0 Å². The van der Waals surface area contributed by atoms with Crippen LogP contribution in [0.3, 0.4) is 0 Å². The Kier molecular flexibility index (Phi) is 6.32. The van der Waals surface area contributed by atoms with Crippen LogP contribution in [-0.2, 0) is 10.0 Å². The molecular weight excluding hydrogens is 288 g/mol. The molecule has 1 N–H and O–H groups in total. The molecule has 0 bridgehead atoms. The van der Waals surface area contributed by atoms with Gasteiger partial charge in [0.15, 0.2) is 0 Å². The maximum absolute atomic E-state index is 12.5. The first-order valence-corrected chi connectivity index (χ1v) is 7.86. The second kappa shape index (κ2) is 7.28. The molecular formula is C12H21ClN2O3S. The van der Waals surface area contributed by atoms with E-state index in [1.165, 1.54) is 12.3 Å². The summed E-state index contributed by atoms with van der Waals surface area (Å²) in [5, 5.41) is 3.30. The van der Waals surface area contributed by atoms with Crippen LogP contribution in [-0.4, -0.2) is 38.4 Å². The molecule has 19 heavy (non-hydrogen) atoms. The van der Waals surface area contributed by atoms with Crippen molar-refractivity contribution in [3.63, 3.8) is 0 Å². The van der Waals surface area contributed by atoms with E-state index in [4.69, 9.17) is 4.42 Å². The van der Waals surface area contributed by atoms with E-state index in [9.17, 15) is 8.42 Å². The highest BCUT2D eigenvalue weighted by Gasteiger charge is 2.33. The van der Waals surface area contributed by atoms with Gasteiger partial charge in [-0.1, -0.05) is 6.92 Å². The summed E-state index contributed by atoms with van der Waals surface area (Å²) >= 11 is 0. The van der Waals surface area contributed by atoms with Gasteiger partial charge in [0, 0.05) is 12.6 Å². The first-order chi connectivity index (χ1) is 8.66. The smallest absolute Gasteiger partial charge is 0.276 e. The molecule has 5 nitrogen and oxygen atoms in total. The minimum absolute atomic E-state index is 0. The zero-order valence-electron chi connectivity index (χ0n) is 11.0. The minimum Gasteiger partial charge on any atom is -0.452 e. The van der Waals surface area contributed by atoms with Gasteiger partial charge in [-0.05, 0) is 44.5 Å². The summed E-state index contributed by atoms with van der Waals surface area (Å²) in [5.74, 6) is 0. The highest BCUT2D eigenvalue weighted by Crippen LogP contribution is 2.23. The van der Waals surface area contributed by atoms with Gasteiger partial charge in [0.25, 0.3) is 10.0 Å². The monoisotopic (exact) mass is 308 g/mol. The van der Waals surface area contributed by atoms with Crippen LogP contribution in [0.15, 0.2) is 27.9 Å². The van der Waals surface area contributed by atoms with Crippen molar-refractivity contribution in [3.05, 3.63) is 18.4 Å². The SMILES string of the molecule is CCCN(C1CCNCC1)S(=O)(=O)c1ccco1.Cl. The summed E-state index contributed by atoms with van der Waals surface area (Å²) in [6.07, 6.45) is 3.93. The van der Waals surface area contributed by atoms with E-state index >= 15 is 0 Å². The number of hydrogen-bond donors (Lipinski definition) is 1. The lowest BCUT2D eigenvalue weighted by Crippen LogP contribution is -2.46. The zero-order valence-corrected chi connectivity index (χ0v) is 12.7. The molecule has 1 fully saturated rings. The Hall–Kier alpha value is -0.560. The fourth-order valence-corrected chi connectivity index (χ4v) is 4.02. The number of furan rings is 1. The van der Waals surface area contributed by atoms with E-state index in [1.54, 1.807) is 10.4 Å². The third-order valence-corrected chi connectivity index (χ3v) is 5.06. The standard InChI is InChI=1S/C12H20N2O3S.ClH/c1-2-9-14(11-5-7-13-8-6-11)18(15,16)12-4-3-10-17-12;/h3-4,10-11,13H,2,5-9H2,1H3;1H. The fourth-order valence-electron chi connectivity index (χ4n) is 2.34. The van der Waals surface area contributed by atoms with Crippen LogP contribution in [0, 0.1) is 0 Å². The number of nitrogens with zero attached hydrogens (tertiary/aromatic N) is 1. The van der Waals surface area contributed by atoms with Crippen molar-refractivity contribution < 1.29 is 12.8 Å². The predicted octanol–water partition coefficient (Wildman–Crippen LogP) is 1.85. The van der Waals surface area contributed by atoms with Crippen LogP contribution in [0.2, 0.25) is 0 Å². The molecule has 1 saturated heterocycles. The van der Waals surface area contributed by atoms with Crippen molar-refractivity contribution in [2.24, 2.45) is 0 Å². The molecule has 0 unspecified atom stereocenters. The van der Waals surface area contributed by atoms with Gasteiger partial charge in [-0.25, -0.2) is 8.42 Å². The van der Waals surface area contributed by atoms with Crippen molar-refractivity contribution in [2.75, 3.05) is 19.6 Å². The molecule has 1 aliphatic rings. The van der Waals surface area contributed by atoms with Crippen molar-refractivity contribution in [1.29, 1.82) is 0 Å². The molecule has 1 aromatic heterocycles. The Bertz CT molecular complexity index is 455. The second-order valence-electron chi connectivity index (χ2n) is 4.53. The molecule has 7 heteroatoms. The fraction of sp³-hybridized carbons (Fsp3) is 0.667. The molecule has 0 atom stereocenters. The van der Waals surface area contributed by atoms with Gasteiger partial charge >= 0.3 is 0 Å². The number of hydrogen-bond acceptors (Lipinski definition) is 4. The molecule has 0 aliphatic carbocycles. The van der Waals surface area contributed by atoms with Crippen LogP contribution >= 0.6 is 12.4 Å². The number of rotatable bonds is 5. The number of nitrogens with one attached hydrogen (secondary N) is 1. The molecule has 2 rings (SSSR count). The highest BCUT2D eigenvalue weighted by molar-refractivity contribution is 7.89. The molecule has 0 aromatic carbocycles. The van der Waals surface area contributed by atoms with E-state index in [0.717, 1.165) is 32.4 Å². The molecule has 0 amide bonds. The molecule has 1 aromatic rings. The Morgan fingerprint density at radius 1 is 1.42 bits per heavy atom. The Labute approximate surface area is 120 Å². The molecule has 0 radical (unpaired) electrons. The Balaban J connectivity index is 0.00000180. The van der Waals surface area contributed by atoms with Gasteiger partial charge < -0.3 is 9.73 Å². The van der Waals surface area contributed by atoms with E-state index in [2.05, 4.69) is 5.32 Å². The first kappa shape index (κ1) is 16.5. The van der Waals surface area contributed by atoms with Crippen molar-refractivity contribution in [2.45, 2.75) is 37.3 Å². The Morgan fingerprint density at radius 2 is 2.11 bits per heavy atom. The number of piperidine rings is 1. The number of halogens is 1. The van der Waals surface area contributed by atoms with Gasteiger partial charge in [0.05, 0.1) is 6.26 Å². The van der Waals surface area contributed by atoms with Crippen molar-refractivity contribution in [1.82, 2.24) is 9.62 Å². The average Bonchev–Trinajstić information content (AvgIpc) is 2.91. The Morgan fingerprint density at radius 3 is 2.63 bits per heavy atom. The van der Waals surface area contributed by atoms with Crippen LogP contribution in [0.1, 0.15) is 26.2 Å². The summed E-state index contributed by atoms with van der Waals surface area (Å²) in [5.41, 5.74) is 0.